The van der Waals surface area contributed by atoms with Gasteiger partial charge in [-0.2, -0.15) is 0 Å². The predicted octanol–water partition coefficient (Wildman–Crippen LogP) is 9.10. The number of nitrogens with zero attached hydrogens (tertiary/aromatic N) is 5. The number of pyridine rings is 3. The van der Waals surface area contributed by atoms with Crippen LogP contribution in [0.2, 0.25) is 0 Å². The monoisotopic (exact) mass is 554 g/mol. The summed E-state index contributed by atoms with van der Waals surface area (Å²) in [4.78, 5) is 24.3. The average Bonchev–Trinajstić information content (AvgIpc) is 3.11. The van der Waals surface area contributed by atoms with Crippen LogP contribution < -0.4 is 0 Å². The number of aromatic nitrogens is 5. The molecule has 0 aliphatic heterocycles. The Bertz CT molecular complexity index is 2410. The van der Waals surface area contributed by atoms with Gasteiger partial charge in [0.15, 0.2) is 5.82 Å². The minimum absolute atomic E-state index is 0.0405. The average molecular weight is 555 g/mol. The second-order valence-electron chi connectivity index (χ2n) is 10.4. The first-order valence-electron chi connectivity index (χ1n) is 15.5. The maximum atomic E-state index is 7.83. The Morgan fingerprint density at radius 1 is 0.442 bits per heavy atom. The number of aryl methyl sites for hydroxylation is 1. The molecule has 0 saturated heterocycles. The number of fused-ring (bicyclic) bond motifs is 4. The molecule has 4 aromatic heterocycles. The van der Waals surface area contributed by atoms with Crippen molar-refractivity contribution in [2.75, 3.05) is 0 Å². The molecule has 0 unspecified atom stereocenters. The van der Waals surface area contributed by atoms with Crippen LogP contribution in [-0.2, 0) is 0 Å². The summed E-state index contributed by atoms with van der Waals surface area (Å²) in [7, 11) is 0. The third kappa shape index (κ3) is 4.57. The van der Waals surface area contributed by atoms with Crippen molar-refractivity contribution in [2.24, 2.45) is 0 Å². The van der Waals surface area contributed by atoms with E-state index in [9.17, 15) is 0 Å². The van der Waals surface area contributed by atoms with Crippen LogP contribution in [0.5, 0.6) is 0 Å². The zero-order valence-corrected chi connectivity index (χ0v) is 22.9. The zero-order chi connectivity index (χ0) is 31.3. The standard InChI is InChI=1S/C38H25N5/c1-24-14-15-28-20-21-29-22-23-33(41-37(29)36(28)39-24)32-12-7-13-34(40-32)38-42-31-11-6-5-10-30(31)35(43-38)27-18-16-26(17-19-27)25-8-3-2-4-9-25/h2-23H,1H3/i1D3. The van der Waals surface area contributed by atoms with Gasteiger partial charge in [0.2, 0.25) is 0 Å². The van der Waals surface area contributed by atoms with Crippen LogP contribution in [0.3, 0.4) is 0 Å². The van der Waals surface area contributed by atoms with Crippen LogP contribution in [0.4, 0.5) is 0 Å². The molecule has 4 aromatic carbocycles. The molecular weight excluding hydrogens is 526 g/mol. The van der Waals surface area contributed by atoms with Crippen molar-refractivity contribution in [1.29, 1.82) is 0 Å². The molecule has 43 heavy (non-hydrogen) atoms. The van der Waals surface area contributed by atoms with Gasteiger partial charge in [0, 0.05) is 31.5 Å². The van der Waals surface area contributed by atoms with E-state index in [4.69, 9.17) is 24.0 Å². The number of para-hydroxylation sites is 1. The van der Waals surface area contributed by atoms with Crippen molar-refractivity contribution >= 4 is 32.7 Å². The maximum Gasteiger partial charge on any atom is 0.179 e. The summed E-state index contributed by atoms with van der Waals surface area (Å²) in [5.41, 5.74) is 8.06. The highest BCUT2D eigenvalue weighted by atomic mass is 14.9. The first kappa shape index (κ1) is 21.9. The summed E-state index contributed by atoms with van der Waals surface area (Å²) in [5, 5.41) is 2.64. The van der Waals surface area contributed by atoms with E-state index in [-0.39, 0.29) is 5.69 Å². The van der Waals surface area contributed by atoms with Gasteiger partial charge in [-0.1, -0.05) is 103 Å². The number of hydrogen-bond donors (Lipinski definition) is 0. The summed E-state index contributed by atoms with van der Waals surface area (Å²) >= 11 is 0. The molecular formula is C38H25N5. The lowest BCUT2D eigenvalue weighted by Crippen LogP contribution is -1.98. The molecule has 0 aliphatic carbocycles. The number of rotatable bonds is 4. The number of benzene rings is 4. The normalized spacial score (nSPS) is 12.7. The van der Waals surface area contributed by atoms with Gasteiger partial charge < -0.3 is 0 Å². The van der Waals surface area contributed by atoms with E-state index in [2.05, 4.69) is 41.4 Å². The number of hydrogen-bond acceptors (Lipinski definition) is 5. The van der Waals surface area contributed by atoms with E-state index in [0.717, 1.165) is 44.1 Å². The molecule has 5 nitrogen and oxygen atoms in total. The molecule has 0 atom stereocenters. The fourth-order valence-corrected chi connectivity index (χ4v) is 5.47. The van der Waals surface area contributed by atoms with Crippen LogP contribution in [0.25, 0.3) is 78.0 Å². The van der Waals surface area contributed by atoms with Crippen molar-refractivity contribution in [2.45, 2.75) is 6.85 Å². The van der Waals surface area contributed by atoms with Gasteiger partial charge in [-0.05, 0) is 48.3 Å². The van der Waals surface area contributed by atoms with E-state index in [1.807, 2.05) is 84.9 Å². The molecule has 0 spiro atoms. The quantitative estimate of drug-likeness (QED) is 0.203. The van der Waals surface area contributed by atoms with E-state index in [1.165, 1.54) is 0 Å². The van der Waals surface area contributed by atoms with Gasteiger partial charge in [-0.3, -0.25) is 4.98 Å². The summed E-state index contributed by atoms with van der Waals surface area (Å²) in [6.45, 7) is -2.31. The SMILES string of the molecule is [2H]C([2H])([2H])c1ccc2ccc3ccc(-c4cccc(-c5nc(-c6ccc(-c7ccccc7)cc6)c6ccccc6n5)n4)nc3c2n1. The third-order valence-electron chi connectivity index (χ3n) is 7.63. The first-order chi connectivity index (χ1) is 22.4. The smallest absolute Gasteiger partial charge is 0.179 e. The minimum atomic E-state index is -2.31. The fraction of sp³-hybridized carbons (Fsp3) is 0.0263. The lowest BCUT2D eigenvalue weighted by atomic mass is 10.0. The van der Waals surface area contributed by atoms with E-state index in [0.29, 0.717) is 33.9 Å². The molecule has 0 amide bonds. The Morgan fingerprint density at radius 2 is 1.09 bits per heavy atom. The van der Waals surface area contributed by atoms with Crippen LogP contribution in [-0.4, -0.2) is 24.9 Å². The van der Waals surface area contributed by atoms with Crippen LogP contribution >= 0.6 is 0 Å². The molecule has 0 radical (unpaired) electrons. The molecule has 0 saturated carbocycles. The summed E-state index contributed by atoms with van der Waals surface area (Å²) < 4.78 is 23.5. The van der Waals surface area contributed by atoms with Crippen molar-refractivity contribution in [3.8, 4) is 45.3 Å². The highest BCUT2D eigenvalue weighted by Gasteiger charge is 2.14. The van der Waals surface area contributed by atoms with Crippen molar-refractivity contribution in [3.63, 3.8) is 0 Å². The van der Waals surface area contributed by atoms with Gasteiger partial charge in [0.25, 0.3) is 0 Å². The lowest BCUT2D eigenvalue weighted by Gasteiger charge is -2.11. The molecule has 0 bridgehead atoms. The predicted molar refractivity (Wildman–Crippen MR) is 174 cm³/mol. The van der Waals surface area contributed by atoms with Gasteiger partial charge in [-0.25, -0.2) is 19.9 Å². The van der Waals surface area contributed by atoms with Crippen molar-refractivity contribution < 1.29 is 4.11 Å². The largest absolute Gasteiger partial charge is 0.251 e. The molecule has 4 heterocycles. The second kappa shape index (κ2) is 10.2. The molecule has 0 fully saturated rings. The Balaban J connectivity index is 1.22. The Hall–Kier alpha value is -5.81. The summed E-state index contributed by atoms with van der Waals surface area (Å²) in [6.07, 6.45) is 0. The molecule has 5 heteroatoms. The van der Waals surface area contributed by atoms with Crippen LogP contribution in [0.1, 0.15) is 9.81 Å². The molecule has 202 valence electrons. The molecule has 0 aliphatic rings. The van der Waals surface area contributed by atoms with E-state index < -0.39 is 6.85 Å². The van der Waals surface area contributed by atoms with Gasteiger partial charge in [-0.15, -0.1) is 0 Å². The fourth-order valence-electron chi connectivity index (χ4n) is 5.47. The lowest BCUT2D eigenvalue weighted by molar-refractivity contribution is 1.17. The highest BCUT2D eigenvalue weighted by molar-refractivity contribution is 6.03. The second-order valence-corrected chi connectivity index (χ2v) is 10.4. The molecule has 8 aromatic rings. The molecule has 8 rings (SSSR count). The summed E-state index contributed by atoms with van der Waals surface area (Å²) in [5.74, 6) is 0.512. The Morgan fingerprint density at radius 3 is 1.93 bits per heavy atom. The summed E-state index contributed by atoms with van der Waals surface area (Å²) in [6, 6.07) is 43.5. The Labute approximate surface area is 252 Å². The van der Waals surface area contributed by atoms with Crippen LogP contribution in [0, 0.1) is 6.85 Å². The van der Waals surface area contributed by atoms with Gasteiger partial charge in [0.1, 0.15) is 5.69 Å². The minimum Gasteiger partial charge on any atom is -0.251 e. The molecule has 0 N–H and O–H groups in total. The van der Waals surface area contributed by atoms with Crippen LogP contribution in [0.15, 0.2) is 133 Å². The van der Waals surface area contributed by atoms with Crippen molar-refractivity contribution in [3.05, 3.63) is 139 Å². The van der Waals surface area contributed by atoms with E-state index in [1.54, 1.807) is 12.1 Å². The first-order valence-corrected chi connectivity index (χ1v) is 14.0. The van der Waals surface area contributed by atoms with Gasteiger partial charge in [0.05, 0.1) is 33.6 Å². The topological polar surface area (TPSA) is 64.5 Å². The highest BCUT2D eigenvalue weighted by Crippen LogP contribution is 2.31. The third-order valence-corrected chi connectivity index (χ3v) is 7.63. The zero-order valence-electron chi connectivity index (χ0n) is 25.9. The van der Waals surface area contributed by atoms with Crippen molar-refractivity contribution in [1.82, 2.24) is 24.9 Å². The van der Waals surface area contributed by atoms with E-state index >= 15 is 0 Å². The Kier molecular flexibility index (Phi) is 5.20. The maximum absolute atomic E-state index is 7.83. The van der Waals surface area contributed by atoms with Gasteiger partial charge >= 0.3 is 0 Å².